The molecular weight excluding hydrogens is 305 g/mol. The molecule has 5 heteroatoms. The molecule has 116 valence electrons. The number of benzene rings is 2. The lowest BCUT2D eigenvalue weighted by Gasteiger charge is -2.11. The van der Waals surface area contributed by atoms with Gasteiger partial charge in [0.2, 0.25) is 0 Å². The van der Waals surface area contributed by atoms with E-state index in [0.717, 1.165) is 16.7 Å². The van der Waals surface area contributed by atoms with Gasteiger partial charge in [-0.25, -0.2) is 4.39 Å². The fourth-order valence-electron chi connectivity index (χ4n) is 2.06. The van der Waals surface area contributed by atoms with E-state index in [0.29, 0.717) is 10.8 Å². The molecule has 2 aromatic carbocycles. The molecule has 0 saturated carbocycles. The van der Waals surface area contributed by atoms with E-state index in [1.54, 1.807) is 24.3 Å². The lowest BCUT2D eigenvalue weighted by Crippen LogP contribution is -2.21. The number of anilines is 1. The minimum atomic E-state index is -0.475. The van der Waals surface area contributed by atoms with E-state index in [4.69, 9.17) is 16.3 Å². The molecule has 0 spiro atoms. The Labute approximate surface area is 134 Å². The highest BCUT2D eigenvalue weighted by molar-refractivity contribution is 6.32. The zero-order valence-corrected chi connectivity index (χ0v) is 13.4. The summed E-state index contributed by atoms with van der Waals surface area (Å²) in [5, 5.41) is 3.18. The van der Waals surface area contributed by atoms with Crippen LogP contribution in [0.5, 0.6) is 5.75 Å². The molecule has 0 bridgehead atoms. The van der Waals surface area contributed by atoms with Gasteiger partial charge in [0.1, 0.15) is 11.6 Å². The van der Waals surface area contributed by atoms with Gasteiger partial charge < -0.3 is 10.1 Å². The average Bonchev–Trinajstić information content (AvgIpc) is 2.46. The molecule has 0 aliphatic carbocycles. The van der Waals surface area contributed by atoms with Gasteiger partial charge in [0.05, 0.1) is 5.69 Å². The number of aryl methyl sites for hydroxylation is 3. The lowest BCUT2D eigenvalue weighted by molar-refractivity contribution is -0.118. The maximum atomic E-state index is 13.6. The van der Waals surface area contributed by atoms with E-state index in [2.05, 4.69) is 5.32 Å². The molecule has 1 amide bonds. The number of carbonyl (C=O) groups excluding carboxylic acids is 1. The number of nitrogens with one attached hydrogen (secondary N) is 1. The van der Waals surface area contributed by atoms with Gasteiger partial charge in [-0.2, -0.15) is 0 Å². The minimum Gasteiger partial charge on any atom is -0.484 e. The van der Waals surface area contributed by atoms with Crippen molar-refractivity contribution < 1.29 is 13.9 Å². The third-order valence-electron chi connectivity index (χ3n) is 3.18. The van der Waals surface area contributed by atoms with Crippen molar-refractivity contribution in [2.45, 2.75) is 20.8 Å². The van der Waals surface area contributed by atoms with E-state index in [9.17, 15) is 9.18 Å². The third-order valence-corrected chi connectivity index (χ3v) is 3.77. The summed E-state index contributed by atoms with van der Waals surface area (Å²) in [7, 11) is 0. The van der Waals surface area contributed by atoms with E-state index in [1.807, 2.05) is 20.8 Å². The molecule has 2 rings (SSSR count). The van der Waals surface area contributed by atoms with Gasteiger partial charge in [-0.3, -0.25) is 4.79 Å². The fourth-order valence-corrected chi connectivity index (χ4v) is 2.17. The largest absolute Gasteiger partial charge is 0.484 e. The van der Waals surface area contributed by atoms with Gasteiger partial charge >= 0.3 is 0 Å². The normalized spacial score (nSPS) is 10.4. The zero-order chi connectivity index (χ0) is 16.3. The molecule has 0 fully saturated rings. The van der Waals surface area contributed by atoms with Crippen molar-refractivity contribution in [3.8, 4) is 5.75 Å². The summed E-state index contributed by atoms with van der Waals surface area (Å²) in [6.07, 6.45) is 0. The lowest BCUT2D eigenvalue weighted by atomic mass is 10.1. The number of amides is 1. The first kappa shape index (κ1) is 16.3. The van der Waals surface area contributed by atoms with Crippen LogP contribution in [0.25, 0.3) is 0 Å². The third kappa shape index (κ3) is 3.98. The van der Waals surface area contributed by atoms with Crippen LogP contribution < -0.4 is 10.1 Å². The molecule has 0 unspecified atom stereocenters. The van der Waals surface area contributed by atoms with Crippen LogP contribution in [0.4, 0.5) is 10.1 Å². The summed E-state index contributed by atoms with van der Waals surface area (Å²) in [6.45, 7) is 5.35. The van der Waals surface area contributed by atoms with Crippen LogP contribution in [0.3, 0.4) is 0 Å². The topological polar surface area (TPSA) is 38.3 Å². The SMILES string of the molecule is Cc1ccc(F)c(NC(=O)COc2cc(C)c(Cl)c(C)c2)c1. The van der Waals surface area contributed by atoms with Crippen LogP contribution >= 0.6 is 11.6 Å². The standard InChI is InChI=1S/C17H17ClFNO2/c1-10-4-5-14(19)15(6-10)20-16(21)9-22-13-7-11(2)17(18)12(3)8-13/h4-8H,9H2,1-3H3,(H,20,21). The van der Waals surface area contributed by atoms with Gasteiger partial charge in [0.25, 0.3) is 5.91 Å². The number of rotatable bonds is 4. The van der Waals surface area contributed by atoms with Gasteiger partial charge in [0.15, 0.2) is 6.61 Å². The number of hydrogen-bond acceptors (Lipinski definition) is 2. The molecule has 0 radical (unpaired) electrons. The average molecular weight is 322 g/mol. The molecule has 1 N–H and O–H groups in total. The zero-order valence-electron chi connectivity index (χ0n) is 12.7. The number of hydrogen-bond donors (Lipinski definition) is 1. The van der Waals surface area contributed by atoms with Crippen LogP contribution in [-0.4, -0.2) is 12.5 Å². The van der Waals surface area contributed by atoms with E-state index >= 15 is 0 Å². The van der Waals surface area contributed by atoms with E-state index < -0.39 is 11.7 Å². The van der Waals surface area contributed by atoms with Crippen LogP contribution in [0.2, 0.25) is 5.02 Å². The maximum Gasteiger partial charge on any atom is 0.262 e. The summed E-state index contributed by atoms with van der Waals surface area (Å²) in [6, 6.07) is 8.05. The molecule has 0 aromatic heterocycles. The van der Waals surface area contributed by atoms with Crippen LogP contribution in [0, 0.1) is 26.6 Å². The predicted octanol–water partition coefficient (Wildman–Crippen LogP) is 4.42. The Bertz CT molecular complexity index is 693. The van der Waals surface area contributed by atoms with Gasteiger partial charge in [-0.05, 0) is 61.7 Å². The van der Waals surface area contributed by atoms with Gasteiger partial charge in [-0.1, -0.05) is 17.7 Å². The quantitative estimate of drug-likeness (QED) is 0.905. The fraction of sp³-hybridized carbons (Fsp3) is 0.235. The van der Waals surface area contributed by atoms with Crippen LogP contribution in [0.1, 0.15) is 16.7 Å². The molecule has 0 aliphatic rings. The van der Waals surface area contributed by atoms with Crippen molar-refractivity contribution in [2.75, 3.05) is 11.9 Å². The first-order valence-electron chi connectivity index (χ1n) is 6.82. The Balaban J connectivity index is 2.00. The number of ether oxygens (including phenoxy) is 1. The molecular formula is C17H17ClFNO2. The summed E-state index contributed by atoms with van der Waals surface area (Å²) in [5.41, 5.74) is 2.77. The summed E-state index contributed by atoms with van der Waals surface area (Å²) in [5.74, 6) is -0.342. The molecule has 2 aromatic rings. The Kier molecular flexibility index (Phi) is 5.03. The van der Waals surface area contributed by atoms with Crippen LogP contribution in [0.15, 0.2) is 30.3 Å². The highest BCUT2D eigenvalue weighted by Crippen LogP contribution is 2.25. The Morgan fingerprint density at radius 1 is 1.18 bits per heavy atom. The van der Waals surface area contributed by atoms with Crippen molar-refractivity contribution in [3.05, 3.63) is 57.9 Å². The highest BCUT2D eigenvalue weighted by atomic mass is 35.5. The number of carbonyl (C=O) groups is 1. The Morgan fingerprint density at radius 2 is 1.82 bits per heavy atom. The number of halogens is 2. The summed E-state index contributed by atoms with van der Waals surface area (Å²) in [4.78, 5) is 11.9. The van der Waals surface area contributed by atoms with Crippen molar-refractivity contribution in [1.82, 2.24) is 0 Å². The predicted molar refractivity (Wildman–Crippen MR) is 86.2 cm³/mol. The van der Waals surface area contributed by atoms with Gasteiger partial charge in [-0.15, -0.1) is 0 Å². The molecule has 0 atom stereocenters. The highest BCUT2D eigenvalue weighted by Gasteiger charge is 2.09. The first-order valence-corrected chi connectivity index (χ1v) is 7.20. The van der Waals surface area contributed by atoms with Crippen molar-refractivity contribution >= 4 is 23.2 Å². The molecule has 0 aliphatic heterocycles. The molecule has 3 nitrogen and oxygen atoms in total. The van der Waals surface area contributed by atoms with Crippen molar-refractivity contribution in [3.63, 3.8) is 0 Å². The van der Waals surface area contributed by atoms with Crippen molar-refractivity contribution in [2.24, 2.45) is 0 Å². The van der Waals surface area contributed by atoms with E-state index in [-0.39, 0.29) is 12.3 Å². The van der Waals surface area contributed by atoms with Gasteiger partial charge in [0, 0.05) is 5.02 Å². The second-order valence-electron chi connectivity index (χ2n) is 5.19. The van der Waals surface area contributed by atoms with Crippen molar-refractivity contribution in [1.29, 1.82) is 0 Å². The Hall–Kier alpha value is -2.07. The monoisotopic (exact) mass is 321 g/mol. The minimum absolute atomic E-state index is 0.150. The second-order valence-corrected chi connectivity index (χ2v) is 5.57. The van der Waals surface area contributed by atoms with E-state index in [1.165, 1.54) is 6.07 Å². The van der Waals surface area contributed by atoms with Crippen LogP contribution in [-0.2, 0) is 4.79 Å². The second kappa shape index (κ2) is 6.79. The molecule has 0 heterocycles. The smallest absolute Gasteiger partial charge is 0.262 e. The Morgan fingerprint density at radius 3 is 2.45 bits per heavy atom. The molecule has 0 saturated heterocycles. The summed E-state index contributed by atoms with van der Waals surface area (Å²) < 4.78 is 19.0. The maximum absolute atomic E-state index is 13.6. The first-order chi connectivity index (χ1) is 10.4. The molecule has 22 heavy (non-hydrogen) atoms. The summed E-state index contributed by atoms with van der Waals surface area (Å²) >= 11 is 6.08.